The maximum absolute atomic E-state index is 13.4. The standard InChI is InChI=1S/C25H22N4O5/c1-26-23(30)21(24(31)27(2)25(26)32)20(17-9-5-3-6-10-17)22(28-15-7-4-8-16-28)18-11-13-19(14-12-18)29(33)34/h3-16,20,22H,1-2H3/p+1. The fraction of sp³-hybridized carbons (Fsp3) is 0.160. The molecule has 2 unspecified atom stereocenters. The van der Waals surface area contributed by atoms with Crippen LogP contribution in [0.15, 0.2) is 94.8 Å². The zero-order chi connectivity index (χ0) is 24.4. The van der Waals surface area contributed by atoms with E-state index in [4.69, 9.17) is 0 Å². The molecule has 34 heavy (non-hydrogen) atoms. The first-order chi connectivity index (χ1) is 16.3. The number of nitro benzene ring substituents is 1. The molecule has 0 amide bonds. The maximum Gasteiger partial charge on any atom is 0.333 e. The Labute approximate surface area is 194 Å². The predicted molar refractivity (Wildman–Crippen MR) is 125 cm³/mol. The highest BCUT2D eigenvalue weighted by Gasteiger charge is 2.38. The monoisotopic (exact) mass is 459 g/mol. The summed E-state index contributed by atoms with van der Waals surface area (Å²) < 4.78 is 3.88. The van der Waals surface area contributed by atoms with E-state index >= 15 is 0 Å². The molecule has 172 valence electrons. The number of nitro groups is 1. The third-order valence-electron chi connectivity index (χ3n) is 5.96. The number of non-ortho nitro benzene ring substituents is 1. The average Bonchev–Trinajstić information content (AvgIpc) is 2.87. The number of hydrogen-bond acceptors (Lipinski definition) is 5. The van der Waals surface area contributed by atoms with E-state index in [2.05, 4.69) is 0 Å². The summed E-state index contributed by atoms with van der Waals surface area (Å²) in [7, 11) is 2.77. The van der Waals surface area contributed by atoms with Crippen molar-refractivity contribution in [3.63, 3.8) is 0 Å². The van der Waals surface area contributed by atoms with Crippen LogP contribution in [0.5, 0.6) is 5.88 Å². The number of pyridine rings is 1. The highest BCUT2D eigenvalue weighted by Crippen LogP contribution is 2.38. The van der Waals surface area contributed by atoms with Crippen molar-refractivity contribution in [3.8, 4) is 5.88 Å². The summed E-state index contributed by atoms with van der Waals surface area (Å²) in [6, 6.07) is 20.2. The Kier molecular flexibility index (Phi) is 6.09. The first-order valence-electron chi connectivity index (χ1n) is 10.5. The molecule has 1 N–H and O–H groups in total. The van der Waals surface area contributed by atoms with Crippen LogP contribution in [0.3, 0.4) is 0 Å². The first-order valence-corrected chi connectivity index (χ1v) is 10.5. The predicted octanol–water partition coefficient (Wildman–Crippen LogP) is 2.41. The molecular formula is C25H23N4O5+. The lowest BCUT2D eigenvalue weighted by molar-refractivity contribution is -0.715. The molecule has 0 bridgehead atoms. The summed E-state index contributed by atoms with van der Waals surface area (Å²) in [5, 5.41) is 22.2. The second kappa shape index (κ2) is 9.14. The fourth-order valence-corrected chi connectivity index (χ4v) is 4.23. The third-order valence-corrected chi connectivity index (χ3v) is 5.96. The molecule has 0 spiro atoms. The van der Waals surface area contributed by atoms with E-state index in [9.17, 15) is 24.8 Å². The van der Waals surface area contributed by atoms with Gasteiger partial charge in [0, 0.05) is 43.9 Å². The molecule has 9 nitrogen and oxygen atoms in total. The maximum atomic E-state index is 13.4. The lowest BCUT2D eigenvalue weighted by Crippen LogP contribution is -2.46. The van der Waals surface area contributed by atoms with Crippen LogP contribution < -0.4 is 15.8 Å². The molecule has 2 aromatic carbocycles. The van der Waals surface area contributed by atoms with E-state index in [-0.39, 0.29) is 11.3 Å². The summed E-state index contributed by atoms with van der Waals surface area (Å²) in [5.74, 6) is -1.15. The van der Waals surface area contributed by atoms with Crippen molar-refractivity contribution in [2.24, 2.45) is 14.1 Å². The van der Waals surface area contributed by atoms with Crippen molar-refractivity contribution < 1.29 is 14.6 Å². The summed E-state index contributed by atoms with van der Waals surface area (Å²) in [4.78, 5) is 36.5. The van der Waals surface area contributed by atoms with Gasteiger partial charge in [-0.2, -0.15) is 4.57 Å². The van der Waals surface area contributed by atoms with E-state index in [1.54, 1.807) is 12.1 Å². The van der Waals surface area contributed by atoms with Crippen LogP contribution in [0.2, 0.25) is 0 Å². The lowest BCUT2D eigenvalue weighted by atomic mass is 9.82. The van der Waals surface area contributed by atoms with Gasteiger partial charge in [-0.15, -0.1) is 0 Å². The summed E-state index contributed by atoms with van der Waals surface area (Å²) in [5.41, 5.74) is 0.155. The van der Waals surface area contributed by atoms with Crippen LogP contribution in [-0.4, -0.2) is 19.2 Å². The van der Waals surface area contributed by atoms with Gasteiger partial charge in [0.2, 0.25) is 5.88 Å². The topological polar surface area (TPSA) is 111 Å². The third kappa shape index (κ3) is 3.99. The Morgan fingerprint density at radius 3 is 2.03 bits per heavy atom. The van der Waals surface area contributed by atoms with Crippen LogP contribution in [0.4, 0.5) is 5.69 Å². The Bertz CT molecular complexity index is 1450. The van der Waals surface area contributed by atoms with Crippen molar-refractivity contribution in [2.45, 2.75) is 12.0 Å². The first kappa shape index (κ1) is 22.7. The van der Waals surface area contributed by atoms with Crippen LogP contribution in [0.1, 0.15) is 28.7 Å². The van der Waals surface area contributed by atoms with Gasteiger partial charge >= 0.3 is 5.69 Å². The fourth-order valence-electron chi connectivity index (χ4n) is 4.23. The largest absolute Gasteiger partial charge is 0.494 e. The highest BCUT2D eigenvalue weighted by atomic mass is 16.6. The zero-order valence-electron chi connectivity index (χ0n) is 18.6. The Hall–Kier alpha value is -4.53. The number of hydrogen-bond donors (Lipinski definition) is 1. The van der Waals surface area contributed by atoms with E-state index in [1.165, 1.54) is 26.2 Å². The van der Waals surface area contributed by atoms with Crippen LogP contribution in [0, 0.1) is 10.1 Å². The quantitative estimate of drug-likeness (QED) is 0.270. The molecule has 0 saturated heterocycles. The van der Waals surface area contributed by atoms with Gasteiger partial charge in [-0.05, 0) is 17.7 Å². The van der Waals surface area contributed by atoms with Gasteiger partial charge in [0.05, 0.1) is 16.4 Å². The molecule has 2 atom stereocenters. The number of aromatic hydroxyl groups is 1. The zero-order valence-corrected chi connectivity index (χ0v) is 18.6. The van der Waals surface area contributed by atoms with Crippen molar-refractivity contribution in [2.75, 3.05) is 0 Å². The number of aromatic nitrogens is 3. The second-order valence-electron chi connectivity index (χ2n) is 7.95. The molecule has 0 aliphatic rings. The molecule has 2 heterocycles. The lowest BCUT2D eigenvalue weighted by Gasteiger charge is -2.25. The van der Waals surface area contributed by atoms with Gasteiger partial charge in [-0.25, -0.2) is 4.79 Å². The van der Waals surface area contributed by atoms with Crippen molar-refractivity contribution >= 4 is 5.69 Å². The normalized spacial score (nSPS) is 12.8. The molecule has 0 fully saturated rings. The molecule has 4 rings (SSSR count). The minimum absolute atomic E-state index is 0.0514. The van der Waals surface area contributed by atoms with Crippen LogP contribution in [-0.2, 0) is 14.1 Å². The van der Waals surface area contributed by atoms with E-state index in [0.29, 0.717) is 5.56 Å². The van der Waals surface area contributed by atoms with E-state index in [0.717, 1.165) is 14.7 Å². The molecule has 2 aromatic heterocycles. The molecule has 9 heteroatoms. The smallest absolute Gasteiger partial charge is 0.333 e. The molecule has 0 saturated carbocycles. The van der Waals surface area contributed by atoms with E-state index < -0.39 is 34.0 Å². The van der Waals surface area contributed by atoms with Gasteiger partial charge in [0.15, 0.2) is 18.4 Å². The number of nitrogens with zero attached hydrogens (tertiary/aromatic N) is 4. The van der Waals surface area contributed by atoms with Gasteiger partial charge < -0.3 is 5.11 Å². The van der Waals surface area contributed by atoms with Crippen molar-refractivity contribution in [3.05, 3.63) is 133 Å². The summed E-state index contributed by atoms with van der Waals surface area (Å²) in [6.07, 6.45) is 3.65. The van der Waals surface area contributed by atoms with Crippen LogP contribution >= 0.6 is 0 Å². The Morgan fingerprint density at radius 1 is 0.853 bits per heavy atom. The molecule has 0 radical (unpaired) electrons. The highest BCUT2D eigenvalue weighted by molar-refractivity contribution is 5.42. The summed E-state index contributed by atoms with van der Waals surface area (Å²) in [6.45, 7) is 0. The molecule has 4 aromatic rings. The second-order valence-corrected chi connectivity index (χ2v) is 7.95. The Morgan fingerprint density at radius 2 is 1.44 bits per heavy atom. The van der Waals surface area contributed by atoms with Crippen LogP contribution in [0.25, 0.3) is 0 Å². The van der Waals surface area contributed by atoms with Gasteiger partial charge in [0.1, 0.15) is 0 Å². The van der Waals surface area contributed by atoms with Gasteiger partial charge in [-0.3, -0.25) is 24.0 Å². The minimum atomic E-state index is -0.722. The van der Waals surface area contributed by atoms with Crippen molar-refractivity contribution in [1.82, 2.24) is 9.13 Å². The Balaban J connectivity index is 2.07. The van der Waals surface area contributed by atoms with E-state index in [1.807, 2.05) is 65.5 Å². The molecule has 0 aliphatic heterocycles. The van der Waals surface area contributed by atoms with Gasteiger partial charge in [0.25, 0.3) is 11.2 Å². The van der Waals surface area contributed by atoms with Crippen molar-refractivity contribution in [1.29, 1.82) is 0 Å². The number of rotatable bonds is 6. The molecular weight excluding hydrogens is 436 g/mol. The minimum Gasteiger partial charge on any atom is -0.494 e. The molecule has 0 aliphatic carbocycles. The SMILES string of the molecule is Cn1c(O)c(C(c2ccccc2)C(c2ccc([N+](=O)[O-])cc2)[n+]2ccccc2)c(=O)n(C)c1=O. The van der Waals surface area contributed by atoms with Gasteiger partial charge in [-0.1, -0.05) is 36.4 Å². The average molecular weight is 459 g/mol. The number of benzene rings is 2. The summed E-state index contributed by atoms with van der Waals surface area (Å²) >= 11 is 0.